The third-order valence-corrected chi connectivity index (χ3v) is 5.55. The average molecular weight is 461 g/mol. The number of amides is 3. The molecule has 33 heavy (non-hydrogen) atoms. The Morgan fingerprint density at radius 1 is 1.15 bits per heavy atom. The molecular weight excluding hydrogens is 424 g/mol. The van der Waals surface area contributed by atoms with Gasteiger partial charge in [-0.2, -0.15) is 0 Å². The Kier molecular flexibility index (Phi) is 9.65. The number of guanidine groups is 1. The highest BCUT2D eigenvalue weighted by atomic mass is 16.3. The number of rotatable bonds is 9. The zero-order valence-corrected chi connectivity index (χ0v) is 19.5. The summed E-state index contributed by atoms with van der Waals surface area (Å²) in [5.74, 6) is -1.37. The highest BCUT2D eigenvalue weighted by molar-refractivity contribution is 5.92. The summed E-state index contributed by atoms with van der Waals surface area (Å²) < 4.78 is 0. The number of nitrogens with one attached hydrogen (secondary N) is 4. The molecule has 1 fully saturated rings. The molecule has 3 amide bonds. The molecule has 1 aromatic carbocycles. The third kappa shape index (κ3) is 8.05. The maximum atomic E-state index is 13.1. The zero-order chi connectivity index (χ0) is 24.5. The lowest BCUT2D eigenvalue weighted by Crippen LogP contribution is -2.61. The quantitative estimate of drug-likeness (QED) is 0.226. The first-order valence-corrected chi connectivity index (χ1v) is 11.3. The Morgan fingerprint density at radius 3 is 2.39 bits per heavy atom. The molecule has 1 aromatic rings. The number of hydrogen-bond donors (Lipinski definition) is 6. The van der Waals surface area contributed by atoms with Crippen molar-refractivity contribution in [2.24, 2.45) is 11.7 Å². The van der Waals surface area contributed by atoms with E-state index >= 15 is 0 Å². The van der Waals surface area contributed by atoms with Gasteiger partial charge in [0.25, 0.3) is 0 Å². The lowest BCUT2D eigenvalue weighted by molar-refractivity contribution is -0.133. The summed E-state index contributed by atoms with van der Waals surface area (Å²) in [6.45, 7) is 5.66. The van der Waals surface area contributed by atoms with Crippen LogP contribution in [0.25, 0.3) is 0 Å². The van der Waals surface area contributed by atoms with Crippen LogP contribution >= 0.6 is 0 Å². The van der Waals surface area contributed by atoms with Crippen LogP contribution in [0.3, 0.4) is 0 Å². The van der Waals surface area contributed by atoms with E-state index in [0.29, 0.717) is 25.8 Å². The summed E-state index contributed by atoms with van der Waals surface area (Å²) >= 11 is 0. The monoisotopic (exact) mass is 460 g/mol. The van der Waals surface area contributed by atoms with Crippen molar-refractivity contribution in [3.8, 4) is 0 Å². The van der Waals surface area contributed by atoms with E-state index in [-0.39, 0.29) is 24.2 Å². The van der Waals surface area contributed by atoms with Gasteiger partial charge in [-0.1, -0.05) is 44.2 Å². The minimum absolute atomic E-state index is 0.111. The third-order valence-electron chi connectivity index (χ3n) is 5.55. The first-order valence-electron chi connectivity index (χ1n) is 11.3. The normalized spacial score (nSPS) is 20.0. The predicted molar refractivity (Wildman–Crippen MR) is 125 cm³/mol. The molecule has 10 nitrogen and oxygen atoms in total. The minimum Gasteiger partial charge on any atom is -0.371 e. The van der Waals surface area contributed by atoms with Gasteiger partial charge < -0.3 is 31.7 Å². The van der Waals surface area contributed by atoms with Crippen molar-refractivity contribution in [2.45, 2.75) is 70.8 Å². The Labute approximate surface area is 194 Å². The molecule has 10 heteroatoms. The van der Waals surface area contributed by atoms with Gasteiger partial charge in [0.2, 0.25) is 17.7 Å². The van der Waals surface area contributed by atoms with Crippen molar-refractivity contribution >= 4 is 23.7 Å². The van der Waals surface area contributed by atoms with Crippen LogP contribution in [-0.2, 0) is 20.8 Å². The maximum Gasteiger partial charge on any atom is 0.243 e. The molecule has 1 aliphatic heterocycles. The number of nitrogens with zero attached hydrogens (tertiary/aromatic N) is 1. The van der Waals surface area contributed by atoms with E-state index in [1.54, 1.807) is 0 Å². The second-order valence-electron chi connectivity index (χ2n) is 8.88. The van der Waals surface area contributed by atoms with Crippen molar-refractivity contribution in [1.29, 1.82) is 5.41 Å². The number of carbonyl (C=O) groups excluding carboxylic acids is 3. The van der Waals surface area contributed by atoms with Gasteiger partial charge >= 0.3 is 0 Å². The molecule has 182 valence electrons. The van der Waals surface area contributed by atoms with Gasteiger partial charge in [0.1, 0.15) is 18.3 Å². The zero-order valence-electron chi connectivity index (χ0n) is 19.5. The van der Waals surface area contributed by atoms with Crippen LogP contribution < -0.4 is 21.7 Å². The minimum atomic E-state index is -1.11. The van der Waals surface area contributed by atoms with Crippen LogP contribution in [-0.4, -0.2) is 64.6 Å². The van der Waals surface area contributed by atoms with Gasteiger partial charge in [0, 0.05) is 19.9 Å². The molecule has 7 N–H and O–H groups in total. The van der Waals surface area contributed by atoms with Gasteiger partial charge in [-0.15, -0.1) is 0 Å². The van der Waals surface area contributed by atoms with E-state index in [1.807, 2.05) is 44.2 Å². The summed E-state index contributed by atoms with van der Waals surface area (Å²) in [4.78, 5) is 39.2. The fourth-order valence-corrected chi connectivity index (χ4v) is 3.95. The molecule has 1 aliphatic rings. The highest BCUT2D eigenvalue weighted by Crippen LogP contribution is 2.16. The lowest BCUT2D eigenvalue weighted by atomic mass is 9.99. The van der Waals surface area contributed by atoms with E-state index < -0.39 is 36.2 Å². The molecule has 0 saturated carbocycles. The molecule has 4 atom stereocenters. The van der Waals surface area contributed by atoms with Gasteiger partial charge in [0.05, 0.1) is 6.04 Å². The smallest absolute Gasteiger partial charge is 0.243 e. The molecule has 0 spiro atoms. The standard InChI is InChI=1S/C23H36N6O4/c1-14(2)12-18(20(31)27-17-10-7-11-29(22(17)33)23(24)25)28-21(32)19(26-15(3)30)13-16-8-5-4-6-9-16/h4-6,8-9,14,17-19,22,33H,7,10-13H2,1-3H3,(H3,24,25)(H,26,30)(H,27,31)(H,28,32)/t17-,18-,19-,22?/m0/s1. The summed E-state index contributed by atoms with van der Waals surface area (Å²) in [6, 6.07) is 7.02. The SMILES string of the molecule is CC(=O)N[C@@H](Cc1ccccc1)C(=O)N[C@@H](CC(C)C)C(=O)N[C@H]1CCCN(C(=N)N)C1O. The first-order chi connectivity index (χ1) is 15.6. The van der Waals surface area contributed by atoms with Crippen LogP contribution in [0.5, 0.6) is 0 Å². The number of carbonyl (C=O) groups is 3. The van der Waals surface area contributed by atoms with E-state index in [2.05, 4.69) is 16.0 Å². The number of benzene rings is 1. The summed E-state index contributed by atoms with van der Waals surface area (Å²) in [6.07, 6.45) is 0.749. The number of hydrogen-bond acceptors (Lipinski definition) is 5. The summed E-state index contributed by atoms with van der Waals surface area (Å²) in [5, 5.41) is 26.4. The Hall–Kier alpha value is -3.14. The molecule has 1 heterocycles. The van der Waals surface area contributed by atoms with Crippen LogP contribution in [0.4, 0.5) is 0 Å². The number of likely N-dealkylation sites (tertiary alicyclic amines) is 1. The highest BCUT2D eigenvalue weighted by Gasteiger charge is 2.34. The first kappa shape index (κ1) is 26.1. The predicted octanol–water partition coefficient (Wildman–Crippen LogP) is 0.0572. The van der Waals surface area contributed by atoms with Crippen LogP contribution in [0.15, 0.2) is 30.3 Å². The fourth-order valence-electron chi connectivity index (χ4n) is 3.95. The molecule has 0 bridgehead atoms. The van der Waals surface area contributed by atoms with Crippen molar-refractivity contribution < 1.29 is 19.5 Å². The van der Waals surface area contributed by atoms with Crippen molar-refractivity contribution in [1.82, 2.24) is 20.9 Å². The van der Waals surface area contributed by atoms with Crippen LogP contribution in [0.2, 0.25) is 0 Å². The molecule has 1 saturated heterocycles. The van der Waals surface area contributed by atoms with Gasteiger partial charge in [0.15, 0.2) is 5.96 Å². The lowest BCUT2D eigenvalue weighted by Gasteiger charge is -2.39. The van der Waals surface area contributed by atoms with E-state index in [9.17, 15) is 19.5 Å². The van der Waals surface area contributed by atoms with Crippen LogP contribution in [0.1, 0.15) is 45.6 Å². The molecule has 0 aliphatic carbocycles. The average Bonchev–Trinajstić information content (AvgIpc) is 2.74. The Balaban J connectivity index is 2.11. The van der Waals surface area contributed by atoms with Crippen molar-refractivity contribution in [2.75, 3.05) is 6.54 Å². The topological polar surface area (TPSA) is 161 Å². The van der Waals surface area contributed by atoms with Crippen molar-refractivity contribution in [3.63, 3.8) is 0 Å². The summed E-state index contributed by atoms with van der Waals surface area (Å²) in [5.41, 5.74) is 6.40. The second-order valence-corrected chi connectivity index (χ2v) is 8.88. The number of nitrogens with two attached hydrogens (primary N) is 1. The molecular formula is C23H36N6O4. The Morgan fingerprint density at radius 2 is 1.82 bits per heavy atom. The second kappa shape index (κ2) is 12.2. The van der Waals surface area contributed by atoms with E-state index in [1.165, 1.54) is 11.8 Å². The van der Waals surface area contributed by atoms with Gasteiger partial charge in [-0.3, -0.25) is 19.8 Å². The van der Waals surface area contributed by atoms with E-state index in [4.69, 9.17) is 11.1 Å². The molecule has 0 aromatic heterocycles. The van der Waals surface area contributed by atoms with Gasteiger partial charge in [-0.05, 0) is 30.7 Å². The summed E-state index contributed by atoms with van der Waals surface area (Å²) in [7, 11) is 0. The Bertz CT molecular complexity index is 832. The fraction of sp³-hybridized carbons (Fsp3) is 0.565. The number of aliphatic hydroxyl groups is 1. The van der Waals surface area contributed by atoms with Crippen LogP contribution in [0, 0.1) is 11.3 Å². The van der Waals surface area contributed by atoms with E-state index in [0.717, 1.165) is 5.56 Å². The van der Waals surface area contributed by atoms with Crippen molar-refractivity contribution in [3.05, 3.63) is 35.9 Å². The molecule has 2 rings (SSSR count). The maximum absolute atomic E-state index is 13.1. The number of aliphatic hydroxyl groups excluding tert-OH is 1. The van der Waals surface area contributed by atoms with Gasteiger partial charge in [-0.25, -0.2) is 0 Å². The largest absolute Gasteiger partial charge is 0.371 e. The molecule has 0 radical (unpaired) electrons. The molecule has 1 unspecified atom stereocenters. The number of piperidine rings is 1.